The van der Waals surface area contributed by atoms with Crippen molar-refractivity contribution in [3.8, 4) is 12.3 Å². The molecule has 0 aromatic heterocycles. The van der Waals surface area contributed by atoms with Crippen LogP contribution in [0.15, 0.2) is 0 Å². The lowest BCUT2D eigenvalue weighted by Crippen LogP contribution is -2.62. The summed E-state index contributed by atoms with van der Waals surface area (Å²) in [5.41, 5.74) is -2.34. The standard InChI is InChI=1S/C20H26F3N3O2/c1-2-8-24-9-3-15(4-10-24)16(27)25-11-7-18(12-25)13-26(14-18)17(28)19(5-6-19)20(21,22)23/h1,15H,3-14H2. The van der Waals surface area contributed by atoms with Gasteiger partial charge in [0.2, 0.25) is 11.8 Å². The van der Waals surface area contributed by atoms with Gasteiger partial charge in [-0.2, -0.15) is 13.2 Å². The van der Waals surface area contributed by atoms with Crippen molar-refractivity contribution >= 4 is 11.8 Å². The predicted octanol–water partition coefficient (Wildman–Crippen LogP) is 1.73. The average Bonchev–Trinajstić information content (AvgIpc) is 3.33. The van der Waals surface area contributed by atoms with Gasteiger partial charge in [-0.05, 0) is 45.2 Å². The van der Waals surface area contributed by atoms with E-state index < -0.39 is 17.5 Å². The summed E-state index contributed by atoms with van der Waals surface area (Å²) in [4.78, 5) is 30.6. The van der Waals surface area contributed by atoms with E-state index in [4.69, 9.17) is 6.42 Å². The summed E-state index contributed by atoms with van der Waals surface area (Å²) < 4.78 is 39.5. The highest BCUT2D eigenvalue weighted by Gasteiger charge is 2.70. The molecular weight excluding hydrogens is 371 g/mol. The third-order valence-corrected chi connectivity index (χ3v) is 7.04. The van der Waals surface area contributed by atoms with Gasteiger partial charge in [0.1, 0.15) is 5.41 Å². The van der Waals surface area contributed by atoms with Crippen molar-refractivity contribution in [2.45, 2.75) is 38.3 Å². The van der Waals surface area contributed by atoms with Gasteiger partial charge in [-0.3, -0.25) is 14.5 Å². The number of hydrogen-bond donors (Lipinski definition) is 0. The molecule has 8 heteroatoms. The second-order valence-corrected chi connectivity index (χ2v) is 9.01. The van der Waals surface area contributed by atoms with Crippen molar-refractivity contribution in [1.29, 1.82) is 0 Å². The summed E-state index contributed by atoms with van der Waals surface area (Å²) in [6.45, 7) is 4.12. The molecular formula is C20H26F3N3O2. The van der Waals surface area contributed by atoms with Crippen LogP contribution in [0.25, 0.3) is 0 Å². The van der Waals surface area contributed by atoms with Gasteiger partial charge in [-0.25, -0.2) is 0 Å². The molecule has 2 amide bonds. The predicted molar refractivity (Wildman–Crippen MR) is 95.9 cm³/mol. The van der Waals surface area contributed by atoms with Gasteiger partial charge >= 0.3 is 6.18 Å². The molecule has 154 valence electrons. The number of likely N-dealkylation sites (tertiary alicyclic amines) is 3. The second kappa shape index (κ2) is 6.65. The molecule has 4 rings (SSSR count). The third kappa shape index (κ3) is 3.18. The van der Waals surface area contributed by atoms with Crippen molar-refractivity contribution in [3.05, 3.63) is 0 Å². The van der Waals surface area contributed by atoms with Gasteiger partial charge in [-0.1, -0.05) is 5.92 Å². The highest BCUT2D eigenvalue weighted by molar-refractivity contribution is 5.87. The van der Waals surface area contributed by atoms with E-state index in [9.17, 15) is 22.8 Å². The van der Waals surface area contributed by atoms with Gasteiger partial charge in [0.25, 0.3) is 0 Å². The minimum Gasteiger partial charge on any atom is -0.342 e. The van der Waals surface area contributed by atoms with Crippen molar-refractivity contribution in [1.82, 2.24) is 14.7 Å². The molecule has 28 heavy (non-hydrogen) atoms. The molecule has 1 saturated carbocycles. The fraction of sp³-hybridized carbons (Fsp3) is 0.800. The minimum atomic E-state index is -4.46. The van der Waals surface area contributed by atoms with Crippen LogP contribution in [0.2, 0.25) is 0 Å². The lowest BCUT2D eigenvalue weighted by Gasteiger charge is -2.49. The van der Waals surface area contributed by atoms with E-state index in [2.05, 4.69) is 10.8 Å². The molecule has 3 aliphatic heterocycles. The molecule has 5 nitrogen and oxygen atoms in total. The largest absolute Gasteiger partial charge is 0.403 e. The fourth-order valence-corrected chi connectivity index (χ4v) is 5.06. The number of hydrogen-bond acceptors (Lipinski definition) is 3. The molecule has 0 atom stereocenters. The molecule has 3 heterocycles. The molecule has 4 fully saturated rings. The number of nitrogens with zero attached hydrogens (tertiary/aromatic N) is 3. The van der Waals surface area contributed by atoms with E-state index >= 15 is 0 Å². The molecule has 0 aromatic rings. The van der Waals surface area contributed by atoms with Crippen molar-refractivity contribution < 1.29 is 22.8 Å². The number of carbonyl (C=O) groups excluding carboxylic acids is 2. The smallest absolute Gasteiger partial charge is 0.342 e. The first-order chi connectivity index (χ1) is 13.2. The molecule has 3 saturated heterocycles. The average molecular weight is 397 g/mol. The number of rotatable bonds is 3. The fourth-order valence-electron chi connectivity index (χ4n) is 5.06. The topological polar surface area (TPSA) is 43.9 Å². The Balaban J connectivity index is 1.28. The SMILES string of the molecule is C#CCN1CCC(C(=O)N2CCC3(C2)CN(C(=O)C2(C(F)(F)F)CC2)C3)CC1. The molecule has 0 unspecified atom stereocenters. The van der Waals surface area contributed by atoms with E-state index in [1.165, 1.54) is 4.90 Å². The number of alkyl halides is 3. The van der Waals surface area contributed by atoms with E-state index in [-0.39, 0.29) is 30.1 Å². The zero-order valence-corrected chi connectivity index (χ0v) is 15.9. The number of amides is 2. The summed E-state index contributed by atoms with van der Waals surface area (Å²) in [7, 11) is 0. The highest BCUT2D eigenvalue weighted by atomic mass is 19.4. The quantitative estimate of drug-likeness (QED) is 0.682. The number of piperidine rings is 1. The normalized spacial score (nSPS) is 26.8. The zero-order chi connectivity index (χ0) is 20.2. The van der Waals surface area contributed by atoms with E-state index in [1.807, 2.05) is 4.90 Å². The van der Waals surface area contributed by atoms with Crippen LogP contribution in [0.5, 0.6) is 0 Å². The van der Waals surface area contributed by atoms with Crippen LogP contribution in [0.1, 0.15) is 32.1 Å². The third-order valence-electron chi connectivity index (χ3n) is 7.04. The van der Waals surface area contributed by atoms with Gasteiger partial charge in [0, 0.05) is 37.5 Å². The molecule has 0 N–H and O–H groups in total. The first kappa shape index (κ1) is 19.6. The number of carbonyl (C=O) groups is 2. The lowest BCUT2D eigenvalue weighted by atomic mass is 9.78. The van der Waals surface area contributed by atoms with E-state index in [0.29, 0.717) is 32.7 Å². The van der Waals surface area contributed by atoms with Gasteiger partial charge in [0.05, 0.1) is 6.54 Å². The van der Waals surface area contributed by atoms with Crippen LogP contribution in [-0.4, -0.2) is 78.5 Å². The molecule has 0 radical (unpaired) electrons. The van der Waals surface area contributed by atoms with E-state index in [0.717, 1.165) is 32.4 Å². The summed E-state index contributed by atoms with van der Waals surface area (Å²) in [6.07, 6.45) is 3.03. The Labute approximate surface area is 163 Å². The Morgan fingerprint density at radius 1 is 1.00 bits per heavy atom. The minimum absolute atomic E-state index is 0.00180. The lowest BCUT2D eigenvalue weighted by molar-refractivity contribution is -0.204. The number of terminal acetylenes is 1. The van der Waals surface area contributed by atoms with Crippen molar-refractivity contribution in [2.24, 2.45) is 16.7 Å². The molecule has 1 aliphatic carbocycles. The Morgan fingerprint density at radius 2 is 1.61 bits per heavy atom. The first-order valence-electron chi connectivity index (χ1n) is 10.0. The summed E-state index contributed by atoms with van der Waals surface area (Å²) >= 11 is 0. The maximum atomic E-state index is 13.2. The Bertz CT molecular complexity index is 696. The first-order valence-corrected chi connectivity index (χ1v) is 10.0. The maximum Gasteiger partial charge on any atom is 0.403 e. The molecule has 0 bridgehead atoms. The molecule has 1 spiro atoms. The van der Waals surface area contributed by atoms with Crippen molar-refractivity contribution in [2.75, 3.05) is 45.8 Å². The van der Waals surface area contributed by atoms with E-state index in [1.54, 1.807) is 0 Å². The highest BCUT2D eigenvalue weighted by Crippen LogP contribution is 2.59. The maximum absolute atomic E-state index is 13.2. The van der Waals surface area contributed by atoms with Gasteiger partial charge in [-0.15, -0.1) is 6.42 Å². The van der Waals surface area contributed by atoms with Crippen LogP contribution in [0.3, 0.4) is 0 Å². The Kier molecular flexibility index (Phi) is 4.65. The van der Waals surface area contributed by atoms with Gasteiger partial charge < -0.3 is 9.80 Å². The summed E-state index contributed by atoms with van der Waals surface area (Å²) in [5, 5.41) is 0. The summed E-state index contributed by atoms with van der Waals surface area (Å²) in [5.74, 6) is 2.01. The molecule has 4 aliphatic rings. The van der Waals surface area contributed by atoms with Crippen LogP contribution >= 0.6 is 0 Å². The number of halogens is 3. The van der Waals surface area contributed by atoms with Crippen LogP contribution in [0.4, 0.5) is 13.2 Å². The monoisotopic (exact) mass is 397 g/mol. The van der Waals surface area contributed by atoms with Crippen LogP contribution in [-0.2, 0) is 9.59 Å². The molecule has 0 aromatic carbocycles. The van der Waals surface area contributed by atoms with Gasteiger partial charge in [0.15, 0.2) is 0 Å². The Morgan fingerprint density at radius 3 is 2.14 bits per heavy atom. The second-order valence-electron chi connectivity index (χ2n) is 9.01. The summed E-state index contributed by atoms with van der Waals surface area (Å²) in [6, 6.07) is 0. The van der Waals surface area contributed by atoms with Crippen LogP contribution in [0, 0.1) is 29.1 Å². The van der Waals surface area contributed by atoms with Crippen LogP contribution < -0.4 is 0 Å². The Hall–Kier alpha value is -1.75. The zero-order valence-electron chi connectivity index (χ0n) is 15.9. The van der Waals surface area contributed by atoms with Crippen molar-refractivity contribution in [3.63, 3.8) is 0 Å².